The highest BCUT2D eigenvalue weighted by Gasteiger charge is 2.23. The van der Waals surface area contributed by atoms with Gasteiger partial charge >= 0.3 is 0 Å². The number of nitrogens with one attached hydrogen (secondary N) is 1. The molecule has 1 rings (SSSR count). The van der Waals surface area contributed by atoms with Crippen molar-refractivity contribution in [2.75, 3.05) is 6.61 Å². The minimum absolute atomic E-state index is 0.0331. The summed E-state index contributed by atoms with van der Waals surface area (Å²) in [6.45, 7) is 3.51. The van der Waals surface area contributed by atoms with Gasteiger partial charge in [-0.2, -0.15) is 0 Å². The molecule has 0 saturated heterocycles. The van der Waals surface area contributed by atoms with Gasteiger partial charge in [-0.25, -0.2) is 0 Å². The molecular weight excluding hydrogens is 248 g/mol. The minimum atomic E-state index is -0.561. The van der Waals surface area contributed by atoms with Gasteiger partial charge in [-0.05, 0) is 25.3 Å². The summed E-state index contributed by atoms with van der Waals surface area (Å²) >= 11 is 0. The van der Waals surface area contributed by atoms with Gasteiger partial charge in [0.05, 0.1) is 4.92 Å². The highest BCUT2D eigenvalue weighted by atomic mass is 16.6. The molecule has 104 valence electrons. The van der Waals surface area contributed by atoms with E-state index in [-0.39, 0.29) is 23.9 Å². The minimum Gasteiger partial charge on any atom is -0.396 e. The van der Waals surface area contributed by atoms with Crippen molar-refractivity contribution in [2.24, 2.45) is 0 Å². The molecule has 2 N–H and O–H groups in total. The predicted octanol–water partition coefficient (Wildman–Crippen LogP) is 1.79. The molecule has 0 aliphatic rings. The van der Waals surface area contributed by atoms with Crippen molar-refractivity contribution in [3.8, 4) is 0 Å². The smallest absolute Gasteiger partial charge is 0.282 e. The maximum absolute atomic E-state index is 12.1. The number of aliphatic hydroxyl groups is 1. The number of benzene rings is 1. The van der Waals surface area contributed by atoms with Gasteiger partial charge in [-0.1, -0.05) is 19.1 Å². The van der Waals surface area contributed by atoms with Gasteiger partial charge in [0.25, 0.3) is 11.6 Å². The lowest BCUT2D eigenvalue weighted by atomic mass is 10.0. The standard InChI is InChI=1S/C13H18N2O4/c1-3-10(7-8-16)14-13(17)12-9(2)5-4-6-11(12)15(18)19/h4-6,10,16H,3,7-8H2,1-2H3,(H,14,17). The van der Waals surface area contributed by atoms with Crippen LogP contribution >= 0.6 is 0 Å². The van der Waals surface area contributed by atoms with Crippen molar-refractivity contribution in [3.63, 3.8) is 0 Å². The van der Waals surface area contributed by atoms with Crippen molar-refractivity contribution in [3.05, 3.63) is 39.4 Å². The van der Waals surface area contributed by atoms with Crippen LogP contribution < -0.4 is 5.32 Å². The van der Waals surface area contributed by atoms with Crippen LogP contribution in [0.15, 0.2) is 18.2 Å². The molecule has 0 aliphatic heterocycles. The van der Waals surface area contributed by atoms with Crippen LogP contribution in [0.25, 0.3) is 0 Å². The topological polar surface area (TPSA) is 92.5 Å². The summed E-state index contributed by atoms with van der Waals surface area (Å²) in [6, 6.07) is 4.34. The van der Waals surface area contributed by atoms with E-state index in [0.29, 0.717) is 18.4 Å². The molecule has 6 heteroatoms. The molecule has 0 spiro atoms. The number of nitrogens with zero attached hydrogens (tertiary/aromatic N) is 1. The Morgan fingerprint density at radius 1 is 1.53 bits per heavy atom. The van der Waals surface area contributed by atoms with Crippen LogP contribution in [0.5, 0.6) is 0 Å². The molecule has 19 heavy (non-hydrogen) atoms. The van der Waals surface area contributed by atoms with Gasteiger partial charge in [0, 0.05) is 18.7 Å². The Bertz CT molecular complexity index is 474. The summed E-state index contributed by atoms with van der Waals surface area (Å²) in [7, 11) is 0. The number of aryl methyl sites for hydroxylation is 1. The lowest BCUT2D eigenvalue weighted by molar-refractivity contribution is -0.385. The molecule has 0 bridgehead atoms. The fourth-order valence-electron chi connectivity index (χ4n) is 1.89. The number of hydrogen-bond acceptors (Lipinski definition) is 4. The number of nitro benzene ring substituents is 1. The molecule has 0 heterocycles. The average Bonchev–Trinajstić information content (AvgIpc) is 2.37. The van der Waals surface area contributed by atoms with E-state index in [0.717, 1.165) is 0 Å². The lowest BCUT2D eigenvalue weighted by Crippen LogP contribution is -2.35. The second-order valence-corrected chi connectivity index (χ2v) is 4.32. The number of carbonyl (C=O) groups excluding carboxylic acids is 1. The zero-order valence-corrected chi connectivity index (χ0v) is 11.0. The number of rotatable bonds is 6. The number of nitro groups is 1. The monoisotopic (exact) mass is 266 g/mol. The Balaban J connectivity index is 3.02. The van der Waals surface area contributed by atoms with Gasteiger partial charge in [0.1, 0.15) is 5.56 Å². The zero-order valence-electron chi connectivity index (χ0n) is 11.0. The average molecular weight is 266 g/mol. The summed E-state index contributed by atoms with van der Waals surface area (Å²) in [6.07, 6.45) is 1.09. The van der Waals surface area contributed by atoms with Crippen LogP contribution in [0.3, 0.4) is 0 Å². The van der Waals surface area contributed by atoms with Crippen LogP contribution in [0, 0.1) is 17.0 Å². The maximum atomic E-state index is 12.1. The van der Waals surface area contributed by atoms with Gasteiger partial charge in [-0.15, -0.1) is 0 Å². The molecule has 1 unspecified atom stereocenters. The molecule has 0 aliphatic carbocycles. The van der Waals surface area contributed by atoms with E-state index in [2.05, 4.69) is 5.32 Å². The summed E-state index contributed by atoms with van der Waals surface area (Å²) < 4.78 is 0. The number of amides is 1. The second kappa shape index (κ2) is 6.84. The molecule has 0 radical (unpaired) electrons. The van der Waals surface area contributed by atoms with Crippen molar-refractivity contribution >= 4 is 11.6 Å². The molecule has 1 amide bonds. The van der Waals surface area contributed by atoms with E-state index in [9.17, 15) is 14.9 Å². The van der Waals surface area contributed by atoms with Gasteiger partial charge < -0.3 is 10.4 Å². The fourth-order valence-corrected chi connectivity index (χ4v) is 1.89. The molecule has 1 aromatic carbocycles. The molecule has 0 saturated carbocycles. The van der Waals surface area contributed by atoms with Crippen molar-refractivity contribution in [1.29, 1.82) is 0 Å². The third-order valence-corrected chi connectivity index (χ3v) is 2.98. The first kappa shape index (κ1) is 15.1. The van der Waals surface area contributed by atoms with E-state index >= 15 is 0 Å². The zero-order chi connectivity index (χ0) is 14.4. The second-order valence-electron chi connectivity index (χ2n) is 4.32. The Hall–Kier alpha value is -1.95. The molecule has 0 fully saturated rings. The molecule has 1 atom stereocenters. The van der Waals surface area contributed by atoms with Gasteiger partial charge in [0.2, 0.25) is 0 Å². The number of hydrogen-bond donors (Lipinski definition) is 2. The van der Waals surface area contributed by atoms with E-state index in [1.165, 1.54) is 6.07 Å². The summed E-state index contributed by atoms with van der Waals surface area (Å²) in [5, 5.41) is 22.6. The quantitative estimate of drug-likeness (QED) is 0.606. The maximum Gasteiger partial charge on any atom is 0.282 e. The largest absolute Gasteiger partial charge is 0.396 e. The Kier molecular flexibility index (Phi) is 5.44. The molecule has 1 aromatic rings. The van der Waals surface area contributed by atoms with E-state index in [1.54, 1.807) is 19.1 Å². The van der Waals surface area contributed by atoms with Crippen molar-refractivity contribution in [2.45, 2.75) is 32.7 Å². The normalized spacial score (nSPS) is 11.9. The van der Waals surface area contributed by atoms with E-state index < -0.39 is 10.8 Å². The third-order valence-electron chi connectivity index (χ3n) is 2.98. The summed E-state index contributed by atoms with van der Waals surface area (Å²) in [4.78, 5) is 22.5. The third kappa shape index (κ3) is 3.75. The summed E-state index contributed by atoms with van der Waals surface area (Å²) in [5.74, 6) is -0.467. The molecular formula is C13H18N2O4. The van der Waals surface area contributed by atoms with E-state index in [4.69, 9.17) is 5.11 Å². The van der Waals surface area contributed by atoms with Crippen LogP contribution in [0.2, 0.25) is 0 Å². The fraction of sp³-hybridized carbons (Fsp3) is 0.462. The van der Waals surface area contributed by atoms with Crippen LogP contribution in [0.1, 0.15) is 35.7 Å². The van der Waals surface area contributed by atoms with Crippen LogP contribution in [-0.4, -0.2) is 28.6 Å². The predicted molar refractivity (Wildman–Crippen MR) is 71.1 cm³/mol. The van der Waals surface area contributed by atoms with Crippen LogP contribution in [0.4, 0.5) is 5.69 Å². The van der Waals surface area contributed by atoms with Crippen LogP contribution in [-0.2, 0) is 0 Å². The highest BCUT2D eigenvalue weighted by molar-refractivity contribution is 5.99. The first-order chi connectivity index (χ1) is 9.01. The molecule has 0 aromatic heterocycles. The van der Waals surface area contributed by atoms with Crippen molar-refractivity contribution < 1.29 is 14.8 Å². The van der Waals surface area contributed by atoms with E-state index in [1.807, 2.05) is 6.92 Å². The SMILES string of the molecule is CCC(CCO)NC(=O)c1c(C)cccc1[N+](=O)[O-]. The number of aliphatic hydroxyl groups excluding tert-OH is 1. The van der Waals surface area contributed by atoms with Gasteiger partial charge in [0.15, 0.2) is 0 Å². The first-order valence-corrected chi connectivity index (χ1v) is 6.17. The van der Waals surface area contributed by atoms with Gasteiger partial charge in [-0.3, -0.25) is 14.9 Å². The Morgan fingerprint density at radius 3 is 2.74 bits per heavy atom. The number of carbonyl (C=O) groups is 1. The Labute approximate surface area is 111 Å². The highest BCUT2D eigenvalue weighted by Crippen LogP contribution is 2.22. The lowest BCUT2D eigenvalue weighted by Gasteiger charge is -2.16. The van der Waals surface area contributed by atoms with Crippen molar-refractivity contribution in [1.82, 2.24) is 5.32 Å². The first-order valence-electron chi connectivity index (χ1n) is 6.17. The summed E-state index contributed by atoms with van der Waals surface area (Å²) in [5.41, 5.74) is 0.450. The Morgan fingerprint density at radius 2 is 2.21 bits per heavy atom. The molecule has 6 nitrogen and oxygen atoms in total.